The molecule has 0 unspecified atom stereocenters. The van der Waals surface area contributed by atoms with Gasteiger partial charge in [-0.1, -0.05) is 31.5 Å². The van der Waals surface area contributed by atoms with Crippen LogP contribution in [-0.4, -0.2) is 42.1 Å². The van der Waals surface area contributed by atoms with Crippen LogP contribution in [0.5, 0.6) is 17.2 Å². The van der Waals surface area contributed by atoms with Crippen molar-refractivity contribution in [2.45, 2.75) is 102 Å². The maximum absolute atomic E-state index is 9.82. The van der Waals surface area contributed by atoms with E-state index >= 15 is 0 Å². The fraction of sp³-hybridized carbons (Fsp3) is 0.553. The van der Waals surface area contributed by atoms with Crippen LogP contribution in [-0.2, 0) is 18.3 Å². The van der Waals surface area contributed by atoms with Gasteiger partial charge in [0.2, 0.25) is 0 Å². The molecule has 7 heteroatoms. The summed E-state index contributed by atoms with van der Waals surface area (Å²) in [5.41, 5.74) is 6.57. The minimum Gasteiger partial charge on any atom is -0.493 e. The predicted molar refractivity (Wildman–Crippen MR) is 179 cm³/mol. The Morgan fingerprint density at radius 1 is 1.11 bits per heavy atom. The van der Waals surface area contributed by atoms with E-state index in [2.05, 4.69) is 48.4 Å². The van der Waals surface area contributed by atoms with Crippen molar-refractivity contribution in [3.8, 4) is 17.2 Å². The average Bonchev–Trinajstić information content (AvgIpc) is 3.16. The SMILES string of the molecule is C[C@@H](COc1ccnc2c1[C@H](C)CCC2)C[C@H]1Cc2cc3c(cc2C12CCC(Nc1cccc(Cl)c1)CC2)OCC[C@@H](CO)O3. The monoisotopic (exact) mass is 630 g/mol. The number of halogens is 1. The molecule has 1 saturated carbocycles. The van der Waals surface area contributed by atoms with Crippen molar-refractivity contribution < 1.29 is 19.3 Å². The summed E-state index contributed by atoms with van der Waals surface area (Å²) in [6.07, 6.45) is 12.5. The Morgan fingerprint density at radius 3 is 2.80 bits per heavy atom. The molecule has 6 nitrogen and oxygen atoms in total. The first-order valence-corrected chi connectivity index (χ1v) is 17.5. The van der Waals surface area contributed by atoms with Crippen LogP contribution >= 0.6 is 11.6 Å². The fourth-order valence-electron chi connectivity index (χ4n) is 8.72. The van der Waals surface area contributed by atoms with Gasteiger partial charge in [-0.05, 0) is 128 Å². The molecule has 1 aliphatic heterocycles. The van der Waals surface area contributed by atoms with E-state index in [-0.39, 0.29) is 18.1 Å². The predicted octanol–water partition coefficient (Wildman–Crippen LogP) is 8.27. The molecule has 1 spiro atoms. The second-order valence-electron chi connectivity index (χ2n) is 14.1. The number of nitrogens with zero attached hydrogens (tertiary/aromatic N) is 1. The van der Waals surface area contributed by atoms with Gasteiger partial charge in [0.15, 0.2) is 11.5 Å². The number of hydrogen-bond acceptors (Lipinski definition) is 6. The lowest BCUT2D eigenvalue weighted by Gasteiger charge is -2.44. The van der Waals surface area contributed by atoms with Gasteiger partial charge in [0.25, 0.3) is 0 Å². The summed E-state index contributed by atoms with van der Waals surface area (Å²) in [7, 11) is 0. The summed E-state index contributed by atoms with van der Waals surface area (Å²) in [5.74, 6) is 4.08. The van der Waals surface area contributed by atoms with Crippen molar-refractivity contribution in [3.63, 3.8) is 0 Å². The smallest absolute Gasteiger partial charge is 0.162 e. The molecule has 4 atom stereocenters. The lowest BCUT2D eigenvalue weighted by molar-refractivity contribution is 0.109. The van der Waals surface area contributed by atoms with E-state index in [1.165, 1.54) is 35.2 Å². The Balaban J connectivity index is 1.11. The molecule has 1 aromatic heterocycles. The first-order valence-electron chi connectivity index (χ1n) is 17.1. The maximum atomic E-state index is 9.82. The van der Waals surface area contributed by atoms with Gasteiger partial charge in [0.1, 0.15) is 11.9 Å². The van der Waals surface area contributed by atoms with Crippen LogP contribution in [0.2, 0.25) is 5.02 Å². The third-order valence-electron chi connectivity index (χ3n) is 11.0. The van der Waals surface area contributed by atoms with E-state index in [0.717, 1.165) is 72.9 Å². The van der Waals surface area contributed by atoms with Crippen LogP contribution in [0.15, 0.2) is 48.7 Å². The van der Waals surface area contributed by atoms with Gasteiger partial charge in [-0.3, -0.25) is 4.98 Å². The highest BCUT2D eigenvalue weighted by molar-refractivity contribution is 6.30. The van der Waals surface area contributed by atoms with Gasteiger partial charge in [0, 0.05) is 40.6 Å². The Bertz CT molecular complexity index is 1500. The zero-order chi connectivity index (χ0) is 31.0. The highest BCUT2D eigenvalue weighted by Gasteiger charge is 2.49. The molecule has 0 amide bonds. The van der Waals surface area contributed by atoms with Crippen molar-refractivity contribution in [2.75, 3.05) is 25.1 Å². The largest absolute Gasteiger partial charge is 0.493 e. The molecule has 4 aliphatic rings. The fourth-order valence-corrected chi connectivity index (χ4v) is 8.91. The summed E-state index contributed by atoms with van der Waals surface area (Å²) >= 11 is 6.29. The molecular weight excluding hydrogens is 584 g/mol. The number of aliphatic hydroxyl groups excluding tert-OH is 1. The zero-order valence-corrected chi connectivity index (χ0v) is 27.5. The Kier molecular flexibility index (Phi) is 8.89. The number of aryl methyl sites for hydroxylation is 1. The van der Waals surface area contributed by atoms with E-state index < -0.39 is 0 Å². The third-order valence-corrected chi connectivity index (χ3v) is 11.2. The summed E-state index contributed by atoms with van der Waals surface area (Å²) in [5, 5.41) is 14.4. The molecule has 240 valence electrons. The number of aliphatic hydroxyl groups is 1. The van der Waals surface area contributed by atoms with Crippen LogP contribution in [0.25, 0.3) is 0 Å². The number of anilines is 1. The Morgan fingerprint density at radius 2 is 1.98 bits per heavy atom. The minimum absolute atomic E-state index is 0.00440. The van der Waals surface area contributed by atoms with Gasteiger partial charge >= 0.3 is 0 Å². The molecule has 0 radical (unpaired) electrons. The van der Waals surface area contributed by atoms with Crippen molar-refractivity contribution in [1.82, 2.24) is 4.98 Å². The third kappa shape index (κ3) is 6.25. The molecule has 3 aliphatic carbocycles. The van der Waals surface area contributed by atoms with Gasteiger partial charge in [-0.2, -0.15) is 0 Å². The summed E-state index contributed by atoms with van der Waals surface area (Å²) in [6.45, 7) is 5.94. The summed E-state index contributed by atoms with van der Waals surface area (Å²) in [6, 6.07) is 15.1. The molecule has 3 aromatic rings. The van der Waals surface area contributed by atoms with E-state index in [9.17, 15) is 5.11 Å². The number of benzene rings is 2. The molecule has 0 bridgehead atoms. The number of pyridine rings is 1. The normalized spacial score (nSPS) is 27.7. The number of rotatable bonds is 8. The van der Waals surface area contributed by atoms with Crippen LogP contribution in [0, 0.1) is 11.8 Å². The van der Waals surface area contributed by atoms with Crippen molar-refractivity contribution >= 4 is 17.3 Å². The molecule has 0 saturated heterocycles. The van der Waals surface area contributed by atoms with Crippen LogP contribution < -0.4 is 19.5 Å². The Hall–Kier alpha value is -2.96. The Labute approximate surface area is 272 Å². The van der Waals surface area contributed by atoms with E-state index in [0.29, 0.717) is 43.4 Å². The second-order valence-corrected chi connectivity index (χ2v) is 14.6. The highest BCUT2D eigenvalue weighted by Crippen LogP contribution is 2.56. The van der Waals surface area contributed by atoms with Crippen LogP contribution in [0.1, 0.15) is 93.5 Å². The first kappa shape index (κ1) is 30.7. The van der Waals surface area contributed by atoms with Crippen molar-refractivity contribution in [3.05, 3.63) is 76.1 Å². The lowest BCUT2D eigenvalue weighted by atomic mass is 9.62. The van der Waals surface area contributed by atoms with Gasteiger partial charge in [-0.15, -0.1) is 0 Å². The number of hydrogen-bond donors (Lipinski definition) is 2. The number of nitrogens with one attached hydrogen (secondary N) is 1. The molecule has 7 rings (SSSR count). The van der Waals surface area contributed by atoms with E-state index in [1.54, 1.807) is 0 Å². The molecule has 45 heavy (non-hydrogen) atoms. The number of ether oxygens (including phenoxy) is 3. The zero-order valence-electron chi connectivity index (χ0n) is 26.7. The van der Waals surface area contributed by atoms with E-state index in [1.807, 2.05) is 24.4 Å². The van der Waals surface area contributed by atoms with Gasteiger partial charge in [0.05, 0.1) is 19.8 Å². The molecule has 1 fully saturated rings. The molecule has 2 N–H and O–H groups in total. The minimum atomic E-state index is -0.220. The highest BCUT2D eigenvalue weighted by atomic mass is 35.5. The van der Waals surface area contributed by atoms with Gasteiger partial charge in [-0.25, -0.2) is 0 Å². The number of aromatic nitrogens is 1. The number of fused-ring (bicyclic) bond motifs is 4. The molecular formula is C38H47ClN2O4. The summed E-state index contributed by atoms with van der Waals surface area (Å²) in [4.78, 5) is 4.68. The quantitative estimate of drug-likeness (QED) is 0.261. The standard InChI is InChI=1S/C38H47ClN2O4/c1-24(23-44-34-11-15-40-33-8-3-5-25(2)37(33)34)17-27-18-26-19-36-35(43-16-12-31(22-42)45-36)21-32(26)38(27)13-9-29(10-14-38)41-30-7-4-6-28(39)20-30/h4,6-7,11,15,19-21,24-25,27,29,31,41-42H,3,5,8-10,12-14,16-18,22-23H2,1-2H3/t24-,25-,27+,29?,31+,38?/m1/s1. The molecule has 2 aromatic carbocycles. The van der Waals surface area contributed by atoms with Crippen molar-refractivity contribution in [2.24, 2.45) is 11.8 Å². The van der Waals surface area contributed by atoms with Crippen LogP contribution in [0.3, 0.4) is 0 Å². The van der Waals surface area contributed by atoms with Crippen LogP contribution in [0.4, 0.5) is 5.69 Å². The summed E-state index contributed by atoms with van der Waals surface area (Å²) < 4.78 is 19.0. The van der Waals surface area contributed by atoms with E-state index in [4.69, 9.17) is 25.8 Å². The first-order chi connectivity index (χ1) is 21.9. The molecule has 2 heterocycles. The average molecular weight is 631 g/mol. The van der Waals surface area contributed by atoms with Gasteiger partial charge < -0.3 is 24.6 Å². The van der Waals surface area contributed by atoms with Crippen molar-refractivity contribution in [1.29, 1.82) is 0 Å². The second kappa shape index (κ2) is 13.0. The lowest BCUT2D eigenvalue weighted by Crippen LogP contribution is -2.40. The maximum Gasteiger partial charge on any atom is 0.162 e. The topological polar surface area (TPSA) is 72.8 Å².